The fourth-order valence-corrected chi connectivity index (χ4v) is 2.74. The normalized spacial score (nSPS) is 17.9. The number of carbonyl (C=O) groups excluding carboxylic acids is 3. The van der Waals surface area contributed by atoms with Crippen LogP contribution in [0.1, 0.15) is 44.5 Å². The Kier molecular flexibility index (Phi) is 6.51. The molecule has 1 aliphatic rings. The number of esters is 1. The van der Waals surface area contributed by atoms with E-state index < -0.39 is 29.8 Å². The standard InChI is InChI=1S/C19H24BrNO6/c1-11(21(5)18(24)27-19(2,3)4)17(23)26-14-8-9-25-15-10-12(20)6-7-13(15)16(14)22/h6-7,10-11,14H,8-9H2,1-5H3/t11-,14?/m0/s1. The van der Waals surface area contributed by atoms with Crippen LogP contribution in [0.15, 0.2) is 22.7 Å². The second-order valence-electron chi connectivity index (χ2n) is 7.33. The number of Topliss-reactive ketones (excluding diaryl/α,β-unsaturated/α-hetero) is 1. The highest BCUT2D eigenvalue weighted by Crippen LogP contribution is 2.29. The first kappa shape index (κ1) is 21.2. The number of ether oxygens (including phenoxy) is 3. The Morgan fingerprint density at radius 3 is 2.63 bits per heavy atom. The largest absolute Gasteiger partial charge is 0.493 e. The average molecular weight is 442 g/mol. The van der Waals surface area contributed by atoms with Crippen LogP contribution in [-0.2, 0) is 14.3 Å². The molecular formula is C19H24BrNO6. The van der Waals surface area contributed by atoms with Crippen molar-refractivity contribution in [3.05, 3.63) is 28.2 Å². The summed E-state index contributed by atoms with van der Waals surface area (Å²) in [4.78, 5) is 38.5. The van der Waals surface area contributed by atoms with Crippen LogP contribution in [0.2, 0.25) is 0 Å². The molecule has 0 fully saturated rings. The molecule has 8 heteroatoms. The van der Waals surface area contributed by atoms with E-state index in [0.29, 0.717) is 11.3 Å². The van der Waals surface area contributed by atoms with Crippen molar-refractivity contribution in [2.24, 2.45) is 0 Å². The number of rotatable bonds is 3. The summed E-state index contributed by atoms with van der Waals surface area (Å²) in [6.45, 7) is 6.98. The molecule has 0 spiro atoms. The van der Waals surface area contributed by atoms with E-state index in [2.05, 4.69) is 15.9 Å². The summed E-state index contributed by atoms with van der Waals surface area (Å²) in [5.74, 6) is -0.551. The van der Waals surface area contributed by atoms with E-state index in [4.69, 9.17) is 14.2 Å². The van der Waals surface area contributed by atoms with E-state index in [1.54, 1.807) is 39.0 Å². The number of likely N-dealkylation sites (N-methyl/N-ethyl adjacent to an activating group) is 1. The monoisotopic (exact) mass is 441 g/mol. The topological polar surface area (TPSA) is 82.1 Å². The summed E-state index contributed by atoms with van der Waals surface area (Å²) < 4.78 is 17.0. The predicted octanol–water partition coefficient (Wildman–Crippen LogP) is 3.58. The molecule has 1 amide bonds. The van der Waals surface area contributed by atoms with Crippen LogP contribution in [0.3, 0.4) is 0 Å². The van der Waals surface area contributed by atoms with Gasteiger partial charge in [-0.25, -0.2) is 9.59 Å². The molecule has 1 unspecified atom stereocenters. The number of halogens is 1. The SMILES string of the molecule is C[C@@H](C(=O)OC1CCOc2cc(Br)ccc2C1=O)N(C)C(=O)OC(C)(C)C. The van der Waals surface area contributed by atoms with Gasteiger partial charge in [-0.15, -0.1) is 0 Å². The lowest BCUT2D eigenvalue weighted by Gasteiger charge is -2.28. The van der Waals surface area contributed by atoms with Crippen molar-refractivity contribution in [3.8, 4) is 5.75 Å². The van der Waals surface area contributed by atoms with Crippen LogP contribution < -0.4 is 4.74 Å². The number of hydrogen-bond donors (Lipinski definition) is 0. The first-order chi connectivity index (χ1) is 12.5. The molecule has 7 nitrogen and oxygen atoms in total. The minimum atomic E-state index is -0.964. The van der Waals surface area contributed by atoms with E-state index in [-0.39, 0.29) is 18.8 Å². The molecule has 27 heavy (non-hydrogen) atoms. The van der Waals surface area contributed by atoms with Crippen molar-refractivity contribution in [1.82, 2.24) is 4.90 Å². The predicted molar refractivity (Wildman–Crippen MR) is 102 cm³/mol. The molecule has 0 bridgehead atoms. The third-order valence-corrected chi connectivity index (χ3v) is 4.49. The molecule has 0 N–H and O–H groups in total. The number of hydrogen-bond acceptors (Lipinski definition) is 6. The van der Waals surface area contributed by atoms with Gasteiger partial charge in [-0.1, -0.05) is 15.9 Å². The summed E-state index contributed by atoms with van der Waals surface area (Å²) >= 11 is 3.33. The van der Waals surface area contributed by atoms with Crippen LogP contribution in [0, 0.1) is 0 Å². The molecule has 2 atom stereocenters. The Morgan fingerprint density at radius 2 is 2.00 bits per heavy atom. The van der Waals surface area contributed by atoms with Gasteiger partial charge in [-0.05, 0) is 45.9 Å². The quantitative estimate of drug-likeness (QED) is 0.666. The molecule has 148 valence electrons. The lowest BCUT2D eigenvalue weighted by Crippen LogP contribution is -2.45. The first-order valence-electron chi connectivity index (χ1n) is 8.62. The molecule has 2 rings (SSSR count). The summed E-state index contributed by atoms with van der Waals surface area (Å²) in [5.41, 5.74) is -0.316. The van der Waals surface area contributed by atoms with Gasteiger partial charge in [-0.3, -0.25) is 9.69 Å². The maximum Gasteiger partial charge on any atom is 0.410 e. The molecule has 0 aromatic heterocycles. The van der Waals surface area contributed by atoms with E-state index in [9.17, 15) is 14.4 Å². The molecule has 0 aliphatic carbocycles. The summed E-state index contributed by atoms with van der Waals surface area (Å²) in [6, 6.07) is 4.16. The fraction of sp³-hybridized carbons (Fsp3) is 0.526. The van der Waals surface area contributed by atoms with Crippen molar-refractivity contribution in [3.63, 3.8) is 0 Å². The smallest absolute Gasteiger partial charge is 0.410 e. The highest BCUT2D eigenvalue weighted by molar-refractivity contribution is 9.10. The molecule has 1 heterocycles. The van der Waals surface area contributed by atoms with E-state index in [1.807, 2.05) is 0 Å². The maximum atomic E-state index is 12.7. The molecule has 1 aliphatic heterocycles. The molecule has 1 aromatic rings. The summed E-state index contributed by atoms with van der Waals surface area (Å²) in [6.07, 6.45) is -1.37. The van der Waals surface area contributed by atoms with E-state index in [1.165, 1.54) is 14.0 Å². The van der Waals surface area contributed by atoms with Gasteiger partial charge in [0, 0.05) is 17.9 Å². The van der Waals surface area contributed by atoms with Gasteiger partial charge < -0.3 is 14.2 Å². The Bertz CT molecular complexity index is 742. The minimum absolute atomic E-state index is 0.236. The Labute approximate surface area is 167 Å². The van der Waals surface area contributed by atoms with Gasteiger partial charge in [0.15, 0.2) is 6.10 Å². The number of nitrogens with zero attached hydrogens (tertiary/aromatic N) is 1. The minimum Gasteiger partial charge on any atom is -0.493 e. The number of ketones is 1. The van der Waals surface area contributed by atoms with Gasteiger partial charge in [0.25, 0.3) is 0 Å². The second kappa shape index (κ2) is 8.29. The van der Waals surface area contributed by atoms with Gasteiger partial charge in [0.1, 0.15) is 17.4 Å². The highest BCUT2D eigenvalue weighted by atomic mass is 79.9. The van der Waals surface area contributed by atoms with Crippen LogP contribution in [0.4, 0.5) is 4.79 Å². The van der Waals surface area contributed by atoms with Gasteiger partial charge in [0.05, 0.1) is 12.2 Å². The third-order valence-electron chi connectivity index (χ3n) is 4.00. The summed E-state index contributed by atoms with van der Waals surface area (Å²) in [7, 11) is 1.45. The zero-order valence-corrected chi connectivity index (χ0v) is 17.7. The second-order valence-corrected chi connectivity index (χ2v) is 8.25. The fourth-order valence-electron chi connectivity index (χ4n) is 2.40. The molecular weight excluding hydrogens is 418 g/mol. The Hall–Kier alpha value is -2.09. The molecule has 0 saturated carbocycles. The van der Waals surface area contributed by atoms with Crippen LogP contribution in [0.5, 0.6) is 5.75 Å². The van der Waals surface area contributed by atoms with Crippen LogP contribution in [-0.4, -0.2) is 54.1 Å². The Morgan fingerprint density at radius 1 is 1.33 bits per heavy atom. The van der Waals surface area contributed by atoms with Gasteiger partial charge in [-0.2, -0.15) is 0 Å². The number of carbonyl (C=O) groups is 3. The van der Waals surface area contributed by atoms with Crippen LogP contribution >= 0.6 is 15.9 Å². The van der Waals surface area contributed by atoms with Gasteiger partial charge >= 0.3 is 12.1 Å². The lowest BCUT2D eigenvalue weighted by atomic mass is 10.0. The maximum absolute atomic E-state index is 12.7. The van der Waals surface area contributed by atoms with Gasteiger partial charge in [0.2, 0.25) is 5.78 Å². The van der Waals surface area contributed by atoms with Crippen LogP contribution in [0.25, 0.3) is 0 Å². The molecule has 0 saturated heterocycles. The van der Waals surface area contributed by atoms with E-state index >= 15 is 0 Å². The van der Waals surface area contributed by atoms with E-state index in [0.717, 1.165) is 9.37 Å². The molecule has 1 aromatic carbocycles. The number of benzene rings is 1. The number of amides is 1. The van der Waals surface area contributed by atoms with Crippen molar-refractivity contribution >= 4 is 33.8 Å². The van der Waals surface area contributed by atoms with Crippen molar-refractivity contribution in [2.45, 2.75) is 51.9 Å². The van der Waals surface area contributed by atoms with Crippen molar-refractivity contribution in [1.29, 1.82) is 0 Å². The van der Waals surface area contributed by atoms with Crippen molar-refractivity contribution < 1.29 is 28.6 Å². The third kappa shape index (κ3) is 5.45. The zero-order valence-electron chi connectivity index (χ0n) is 16.1. The number of fused-ring (bicyclic) bond motifs is 1. The lowest BCUT2D eigenvalue weighted by molar-refractivity contribution is -0.152. The van der Waals surface area contributed by atoms with Crippen molar-refractivity contribution in [2.75, 3.05) is 13.7 Å². The molecule has 0 radical (unpaired) electrons. The average Bonchev–Trinajstić information content (AvgIpc) is 2.71. The first-order valence-corrected chi connectivity index (χ1v) is 9.42. The summed E-state index contributed by atoms with van der Waals surface area (Å²) in [5, 5.41) is 0. The zero-order chi connectivity index (χ0) is 20.4. The highest BCUT2D eigenvalue weighted by Gasteiger charge is 2.33. The Balaban J connectivity index is 2.07.